The zero-order valence-corrected chi connectivity index (χ0v) is 14.3. The fourth-order valence-corrected chi connectivity index (χ4v) is 2.79. The minimum Gasteiger partial charge on any atom is -0.348 e. The van der Waals surface area contributed by atoms with Crippen molar-refractivity contribution in [2.75, 3.05) is 26.2 Å². The number of benzene rings is 1. The fourth-order valence-electron chi connectivity index (χ4n) is 2.79. The Morgan fingerprint density at radius 3 is 2.42 bits per heavy atom. The Bertz CT molecular complexity index is 786. The van der Waals surface area contributed by atoms with E-state index in [1.165, 1.54) is 0 Å². The molecule has 1 aliphatic heterocycles. The Balaban J connectivity index is 1.63. The molecule has 0 aliphatic carbocycles. The van der Waals surface area contributed by atoms with E-state index in [1.807, 2.05) is 12.1 Å². The van der Waals surface area contributed by atoms with E-state index in [9.17, 15) is 14.4 Å². The van der Waals surface area contributed by atoms with Crippen molar-refractivity contribution in [2.24, 2.45) is 0 Å². The van der Waals surface area contributed by atoms with E-state index in [4.69, 9.17) is 0 Å². The molecule has 0 atom stereocenters. The van der Waals surface area contributed by atoms with Crippen LogP contribution in [0, 0.1) is 0 Å². The molecule has 1 N–H and O–H groups in total. The lowest BCUT2D eigenvalue weighted by Gasteiger charge is -2.32. The number of pyridine rings is 1. The maximum Gasteiger partial charge on any atom is 0.253 e. The number of rotatable bonds is 5. The number of hydrogen-bond donors (Lipinski definition) is 1. The summed E-state index contributed by atoms with van der Waals surface area (Å²) in [5.41, 5.74) is 1.87. The lowest BCUT2D eigenvalue weighted by molar-refractivity contribution is -0.119. The lowest BCUT2D eigenvalue weighted by atomic mass is 10.1. The van der Waals surface area contributed by atoms with Crippen molar-refractivity contribution in [3.05, 3.63) is 65.5 Å². The number of carbonyl (C=O) groups excluding carboxylic acids is 3. The number of nitrogens with zero attached hydrogens (tertiary/aromatic N) is 3. The van der Waals surface area contributed by atoms with Gasteiger partial charge in [0.2, 0.25) is 6.41 Å². The summed E-state index contributed by atoms with van der Waals surface area (Å²) >= 11 is 0. The third kappa shape index (κ3) is 4.24. The van der Waals surface area contributed by atoms with Gasteiger partial charge in [-0.05, 0) is 35.9 Å². The highest BCUT2D eigenvalue weighted by Gasteiger charge is 2.21. The van der Waals surface area contributed by atoms with E-state index in [1.54, 1.807) is 46.5 Å². The fraction of sp³-hybridized carbons (Fsp3) is 0.263. The summed E-state index contributed by atoms with van der Waals surface area (Å²) in [6.07, 6.45) is 4.14. The molecule has 3 amide bonds. The van der Waals surface area contributed by atoms with Gasteiger partial charge in [-0.1, -0.05) is 6.07 Å². The monoisotopic (exact) mass is 352 g/mol. The van der Waals surface area contributed by atoms with Gasteiger partial charge in [0.05, 0.1) is 0 Å². The topological polar surface area (TPSA) is 82.6 Å². The highest BCUT2D eigenvalue weighted by atomic mass is 16.2. The molecule has 0 spiro atoms. The van der Waals surface area contributed by atoms with Crippen LogP contribution in [0.3, 0.4) is 0 Å². The van der Waals surface area contributed by atoms with Crippen LogP contribution in [0.2, 0.25) is 0 Å². The number of carbonyl (C=O) groups is 3. The third-order valence-electron chi connectivity index (χ3n) is 4.32. The van der Waals surface area contributed by atoms with Crippen LogP contribution in [0.15, 0.2) is 48.8 Å². The summed E-state index contributed by atoms with van der Waals surface area (Å²) in [6.45, 7) is 2.45. The smallest absolute Gasteiger partial charge is 0.253 e. The van der Waals surface area contributed by atoms with E-state index >= 15 is 0 Å². The zero-order chi connectivity index (χ0) is 18.4. The summed E-state index contributed by atoms with van der Waals surface area (Å²) in [4.78, 5) is 43.0. The maximum atomic E-state index is 12.6. The van der Waals surface area contributed by atoms with E-state index in [0.717, 1.165) is 12.0 Å². The first kappa shape index (κ1) is 17.6. The minimum atomic E-state index is -0.234. The number of piperazine rings is 1. The molecule has 1 aromatic carbocycles. The molecule has 1 saturated heterocycles. The second kappa shape index (κ2) is 8.24. The van der Waals surface area contributed by atoms with Crippen molar-refractivity contribution < 1.29 is 14.4 Å². The Labute approximate surface area is 151 Å². The molecule has 0 unspecified atom stereocenters. The van der Waals surface area contributed by atoms with Gasteiger partial charge in [-0.15, -0.1) is 0 Å². The van der Waals surface area contributed by atoms with Crippen molar-refractivity contribution >= 4 is 18.2 Å². The van der Waals surface area contributed by atoms with Crippen molar-refractivity contribution in [1.29, 1.82) is 0 Å². The third-order valence-corrected chi connectivity index (χ3v) is 4.32. The molecular weight excluding hydrogens is 332 g/mol. The van der Waals surface area contributed by atoms with E-state index in [-0.39, 0.29) is 11.8 Å². The van der Waals surface area contributed by atoms with Gasteiger partial charge in [-0.25, -0.2) is 0 Å². The average molecular weight is 352 g/mol. The Morgan fingerprint density at radius 2 is 1.73 bits per heavy atom. The predicted molar refractivity (Wildman–Crippen MR) is 95.4 cm³/mol. The number of nitrogens with one attached hydrogen (secondary N) is 1. The first-order chi connectivity index (χ1) is 12.7. The summed E-state index contributed by atoms with van der Waals surface area (Å²) in [6, 6.07) is 10.4. The van der Waals surface area contributed by atoms with Gasteiger partial charge in [0.25, 0.3) is 11.8 Å². The Morgan fingerprint density at radius 1 is 1.04 bits per heavy atom. The minimum absolute atomic E-state index is 0.126. The molecule has 26 heavy (non-hydrogen) atoms. The van der Waals surface area contributed by atoms with Crippen molar-refractivity contribution in [1.82, 2.24) is 20.1 Å². The van der Waals surface area contributed by atoms with Crippen molar-refractivity contribution in [2.45, 2.75) is 6.54 Å². The van der Waals surface area contributed by atoms with Gasteiger partial charge in [0.15, 0.2) is 0 Å². The van der Waals surface area contributed by atoms with Crippen LogP contribution in [-0.4, -0.2) is 59.2 Å². The molecule has 3 rings (SSSR count). The quantitative estimate of drug-likeness (QED) is 0.812. The van der Waals surface area contributed by atoms with Crippen molar-refractivity contribution in [3.8, 4) is 0 Å². The molecule has 2 heterocycles. The highest BCUT2D eigenvalue weighted by Crippen LogP contribution is 2.11. The number of aromatic nitrogens is 1. The molecule has 7 heteroatoms. The summed E-state index contributed by atoms with van der Waals surface area (Å²) in [5, 5.41) is 2.84. The van der Waals surface area contributed by atoms with Gasteiger partial charge in [0, 0.05) is 56.2 Å². The molecular formula is C19H20N4O3. The molecule has 1 aromatic heterocycles. The van der Waals surface area contributed by atoms with Crippen LogP contribution >= 0.6 is 0 Å². The van der Waals surface area contributed by atoms with E-state index < -0.39 is 0 Å². The molecule has 2 aromatic rings. The first-order valence-corrected chi connectivity index (χ1v) is 8.43. The van der Waals surface area contributed by atoms with Crippen LogP contribution in [0.5, 0.6) is 0 Å². The lowest BCUT2D eigenvalue weighted by Crippen LogP contribution is -2.48. The highest BCUT2D eigenvalue weighted by molar-refractivity contribution is 5.99. The van der Waals surface area contributed by atoms with Crippen LogP contribution in [0.25, 0.3) is 0 Å². The van der Waals surface area contributed by atoms with Crippen LogP contribution in [0.4, 0.5) is 0 Å². The first-order valence-electron chi connectivity index (χ1n) is 8.43. The van der Waals surface area contributed by atoms with Gasteiger partial charge >= 0.3 is 0 Å². The standard InChI is InChI=1S/C19H20N4O3/c24-14-22-8-10-23(11-9-22)19(26)17-3-1-2-16(12-17)18(25)21-13-15-4-6-20-7-5-15/h1-7,12,14H,8-11,13H2,(H,21,25). The maximum absolute atomic E-state index is 12.6. The van der Waals surface area contributed by atoms with Gasteiger partial charge in [-0.2, -0.15) is 0 Å². The number of amides is 3. The second-order valence-electron chi connectivity index (χ2n) is 6.05. The van der Waals surface area contributed by atoms with Gasteiger partial charge in [-0.3, -0.25) is 19.4 Å². The van der Waals surface area contributed by atoms with E-state index in [0.29, 0.717) is 43.9 Å². The second-order valence-corrected chi connectivity index (χ2v) is 6.05. The Kier molecular flexibility index (Phi) is 5.58. The molecule has 134 valence electrons. The molecule has 7 nitrogen and oxygen atoms in total. The largest absolute Gasteiger partial charge is 0.348 e. The Hall–Kier alpha value is -3.22. The molecule has 1 aliphatic rings. The van der Waals surface area contributed by atoms with Crippen LogP contribution < -0.4 is 5.32 Å². The summed E-state index contributed by atoms with van der Waals surface area (Å²) < 4.78 is 0. The molecule has 0 radical (unpaired) electrons. The molecule has 1 fully saturated rings. The normalized spacial score (nSPS) is 14.0. The van der Waals surface area contributed by atoms with Gasteiger partial charge in [0.1, 0.15) is 0 Å². The van der Waals surface area contributed by atoms with Crippen molar-refractivity contribution in [3.63, 3.8) is 0 Å². The average Bonchev–Trinajstić information content (AvgIpc) is 2.72. The predicted octanol–water partition coefficient (Wildman–Crippen LogP) is 0.926. The molecule has 0 saturated carbocycles. The SMILES string of the molecule is O=CN1CCN(C(=O)c2cccc(C(=O)NCc3ccncc3)c2)CC1. The zero-order valence-electron chi connectivity index (χ0n) is 14.3. The summed E-state index contributed by atoms with van der Waals surface area (Å²) in [7, 11) is 0. The van der Waals surface area contributed by atoms with Gasteiger partial charge < -0.3 is 15.1 Å². The van der Waals surface area contributed by atoms with E-state index in [2.05, 4.69) is 10.3 Å². The number of hydrogen-bond acceptors (Lipinski definition) is 4. The molecule has 0 bridgehead atoms. The van der Waals surface area contributed by atoms with Crippen LogP contribution in [0.1, 0.15) is 26.3 Å². The summed E-state index contributed by atoms with van der Waals surface area (Å²) in [5.74, 6) is -0.360. The van der Waals surface area contributed by atoms with Crippen LogP contribution in [-0.2, 0) is 11.3 Å².